The molecule has 3 rings (SSSR count). The van der Waals surface area contributed by atoms with Crippen LogP contribution in [0.5, 0.6) is 5.75 Å². The first-order chi connectivity index (χ1) is 11.6. The predicted octanol–water partition coefficient (Wildman–Crippen LogP) is 2.95. The second-order valence-electron chi connectivity index (χ2n) is 5.74. The van der Waals surface area contributed by atoms with Gasteiger partial charge < -0.3 is 15.4 Å². The fourth-order valence-corrected chi connectivity index (χ4v) is 3.65. The van der Waals surface area contributed by atoms with Crippen molar-refractivity contribution < 1.29 is 14.3 Å². The number of fused-ring (bicyclic) bond motifs is 3. The molecule has 2 amide bonds. The molecule has 2 aromatic rings. The highest BCUT2D eigenvalue weighted by Gasteiger charge is 2.23. The number of carbonyl (C=O) groups excluding carboxylic acids is 2. The maximum Gasteiger partial charge on any atom is 0.262 e. The molecule has 1 aromatic carbocycles. The number of hydrogen-bond acceptors (Lipinski definition) is 4. The van der Waals surface area contributed by atoms with E-state index in [0.717, 1.165) is 28.2 Å². The van der Waals surface area contributed by atoms with Crippen LogP contribution in [0.15, 0.2) is 30.3 Å². The molecule has 0 aliphatic carbocycles. The average Bonchev–Trinajstić information content (AvgIpc) is 3.04. The van der Waals surface area contributed by atoms with Gasteiger partial charge in [0.15, 0.2) is 0 Å². The fraction of sp³-hybridized carbons (Fsp3) is 0.333. The SMILES string of the molecule is CCCNC(=O)[C@@H](C)NC(=O)c1cc2c(s1)-c1ccccc1OC2. The normalized spacial score (nSPS) is 13.2. The van der Waals surface area contributed by atoms with E-state index >= 15 is 0 Å². The molecule has 24 heavy (non-hydrogen) atoms. The average molecular weight is 344 g/mol. The molecule has 2 N–H and O–H groups in total. The number of para-hydroxylation sites is 1. The summed E-state index contributed by atoms with van der Waals surface area (Å²) in [6, 6.07) is 9.09. The molecule has 1 aliphatic rings. The number of rotatable bonds is 5. The van der Waals surface area contributed by atoms with Crippen LogP contribution in [0.2, 0.25) is 0 Å². The highest BCUT2D eigenvalue weighted by molar-refractivity contribution is 7.17. The van der Waals surface area contributed by atoms with E-state index in [4.69, 9.17) is 4.74 Å². The zero-order valence-corrected chi connectivity index (χ0v) is 14.5. The summed E-state index contributed by atoms with van der Waals surface area (Å²) in [4.78, 5) is 26.0. The van der Waals surface area contributed by atoms with E-state index in [9.17, 15) is 9.59 Å². The number of benzene rings is 1. The summed E-state index contributed by atoms with van der Waals surface area (Å²) >= 11 is 1.43. The summed E-state index contributed by atoms with van der Waals surface area (Å²) in [6.45, 7) is 4.75. The van der Waals surface area contributed by atoms with Crippen molar-refractivity contribution in [2.45, 2.75) is 32.9 Å². The van der Waals surface area contributed by atoms with E-state index in [1.165, 1.54) is 11.3 Å². The number of amides is 2. The number of carbonyl (C=O) groups is 2. The van der Waals surface area contributed by atoms with Crippen LogP contribution < -0.4 is 15.4 Å². The Bertz CT molecular complexity index is 769. The van der Waals surface area contributed by atoms with E-state index < -0.39 is 6.04 Å². The van der Waals surface area contributed by atoms with Crippen LogP contribution in [0, 0.1) is 0 Å². The van der Waals surface area contributed by atoms with Gasteiger partial charge in [-0.25, -0.2) is 0 Å². The smallest absolute Gasteiger partial charge is 0.262 e. The number of nitrogens with one attached hydrogen (secondary N) is 2. The Morgan fingerprint density at radius 1 is 1.33 bits per heavy atom. The fourth-order valence-electron chi connectivity index (χ4n) is 2.55. The summed E-state index contributed by atoms with van der Waals surface area (Å²) in [7, 11) is 0. The van der Waals surface area contributed by atoms with E-state index in [1.807, 2.05) is 37.3 Å². The second-order valence-corrected chi connectivity index (χ2v) is 6.79. The molecule has 1 aromatic heterocycles. The van der Waals surface area contributed by atoms with Gasteiger partial charge in [0.25, 0.3) is 5.91 Å². The minimum atomic E-state index is -0.563. The van der Waals surface area contributed by atoms with Crippen molar-refractivity contribution in [1.29, 1.82) is 0 Å². The van der Waals surface area contributed by atoms with Crippen molar-refractivity contribution in [1.82, 2.24) is 10.6 Å². The highest BCUT2D eigenvalue weighted by Crippen LogP contribution is 2.42. The molecular formula is C18H20N2O3S. The molecule has 1 atom stereocenters. The topological polar surface area (TPSA) is 67.4 Å². The highest BCUT2D eigenvalue weighted by atomic mass is 32.1. The Hall–Kier alpha value is -2.34. The maximum atomic E-state index is 12.4. The molecule has 6 heteroatoms. The number of hydrogen-bond donors (Lipinski definition) is 2. The molecule has 0 bridgehead atoms. The summed E-state index contributed by atoms with van der Waals surface area (Å²) in [6.07, 6.45) is 0.865. The third-order valence-corrected chi connectivity index (χ3v) is 5.05. The Labute approximate surface area is 145 Å². The van der Waals surface area contributed by atoms with Gasteiger partial charge in [0.05, 0.1) is 4.88 Å². The molecular weight excluding hydrogens is 324 g/mol. The van der Waals surface area contributed by atoms with Gasteiger partial charge in [0.1, 0.15) is 18.4 Å². The lowest BCUT2D eigenvalue weighted by atomic mass is 10.1. The number of thiophene rings is 1. The monoisotopic (exact) mass is 344 g/mol. The third kappa shape index (κ3) is 3.28. The van der Waals surface area contributed by atoms with Crippen molar-refractivity contribution in [3.8, 4) is 16.2 Å². The van der Waals surface area contributed by atoms with Crippen molar-refractivity contribution in [3.05, 3.63) is 40.8 Å². The largest absolute Gasteiger partial charge is 0.488 e. The molecule has 2 heterocycles. The van der Waals surface area contributed by atoms with Gasteiger partial charge >= 0.3 is 0 Å². The van der Waals surface area contributed by atoms with E-state index in [0.29, 0.717) is 18.0 Å². The van der Waals surface area contributed by atoms with Crippen molar-refractivity contribution in [3.63, 3.8) is 0 Å². The van der Waals surface area contributed by atoms with Gasteiger partial charge in [-0.3, -0.25) is 9.59 Å². The summed E-state index contributed by atoms with van der Waals surface area (Å²) in [5.74, 6) is 0.442. The third-order valence-electron chi connectivity index (χ3n) is 3.84. The van der Waals surface area contributed by atoms with E-state index in [1.54, 1.807) is 6.92 Å². The lowest BCUT2D eigenvalue weighted by Gasteiger charge is -2.16. The molecule has 5 nitrogen and oxygen atoms in total. The second kappa shape index (κ2) is 7.05. The van der Waals surface area contributed by atoms with Gasteiger partial charge in [-0.1, -0.05) is 19.1 Å². The zero-order valence-electron chi connectivity index (χ0n) is 13.7. The first-order valence-electron chi connectivity index (χ1n) is 8.03. The van der Waals surface area contributed by atoms with Crippen molar-refractivity contribution >= 4 is 23.2 Å². The number of ether oxygens (including phenoxy) is 1. The summed E-state index contributed by atoms with van der Waals surface area (Å²) in [5.41, 5.74) is 2.02. The first-order valence-corrected chi connectivity index (χ1v) is 8.85. The first kappa shape index (κ1) is 16.5. The zero-order chi connectivity index (χ0) is 17.1. The molecule has 0 saturated heterocycles. The summed E-state index contributed by atoms with van der Waals surface area (Å²) < 4.78 is 5.72. The van der Waals surface area contributed by atoms with Gasteiger partial charge in [-0.2, -0.15) is 0 Å². The van der Waals surface area contributed by atoms with Crippen molar-refractivity contribution in [2.75, 3.05) is 6.54 Å². The molecule has 0 unspecified atom stereocenters. The van der Waals surface area contributed by atoms with Crippen LogP contribution in [0.4, 0.5) is 0 Å². The van der Waals surface area contributed by atoms with Crippen LogP contribution in [0.1, 0.15) is 35.5 Å². The molecule has 126 valence electrons. The lowest BCUT2D eigenvalue weighted by Crippen LogP contribution is -2.44. The van der Waals surface area contributed by atoms with Gasteiger partial charge in [-0.15, -0.1) is 11.3 Å². The van der Waals surface area contributed by atoms with Gasteiger partial charge in [-0.05, 0) is 31.5 Å². The maximum absolute atomic E-state index is 12.4. The Balaban J connectivity index is 1.74. The minimum absolute atomic E-state index is 0.166. The van der Waals surface area contributed by atoms with Crippen LogP contribution in [0.25, 0.3) is 10.4 Å². The quantitative estimate of drug-likeness (QED) is 0.876. The molecule has 0 radical (unpaired) electrons. The lowest BCUT2D eigenvalue weighted by molar-refractivity contribution is -0.122. The van der Waals surface area contributed by atoms with Crippen LogP contribution in [-0.4, -0.2) is 24.4 Å². The van der Waals surface area contributed by atoms with E-state index in [-0.39, 0.29) is 11.8 Å². The predicted molar refractivity (Wildman–Crippen MR) is 94.3 cm³/mol. The summed E-state index contributed by atoms with van der Waals surface area (Å²) in [5, 5.41) is 5.54. The van der Waals surface area contributed by atoms with Crippen LogP contribution >= 0.6 is 11.3 Å². The molecule has 1 aliphatic heterocycles. The standard InChI is InChI=1S/C18H20N2O3S/c1-3-8-19-17(21)11(2)20-18(22)15-9-12-10-23-14-7-5-4-6-13(14)16(12)24-15/h4-7,9,11H,3,8,10H2,1-2H3,(H,19,21)(H,20,22)/t11-/m1/s1. The minimum Gasteiger partial charge on any atom is -0.488 e. The molecule has 0 saturated carbocycles. The molecule has 0 fully saturated rings. The van der Waals surface area contributed by atoms with Gasteiger partial charge in [0, 0.05) is 22.5 Å². The Kier molecular flexibility index (Phi) is 4.85. The Morgan fingerprint density at radius 3 is 2.92 bits per heavy atom. The van der Waals surface area contributed by atoms with Gasteiger partial charge in [0.2, 0.25) is 5.91 Å². The van der Waals surface area contributed by atoms with E-state index in [2.05, 4.69) is 10.6 Å². The van der Waals surface area contributed by atoms with Crippen LogP contribution in [-0.2, 0) is 11.4 Å². The Morgan fingerprint density at radius 2 is 2.12 bits per heavy atom. The van der Waals surface area contributed by atoms with Crippen LogP contribution in [0.3, 0.4) is 0 Å². The molecule has 0 spiro atoms. The van der Waals surface area contributed by atoms with Crippen molar-refractivity contribution in [2.24, 2.45) is 0 Å².